The van der Waals surface area contributed by atoms with Crippen molar-refractivity contribution in [1.82, 2.24) is 0 Å². The minimum atomic E-state index is -0.930. The van der Waals surface area contributed by atoms with Crippen molar-refractivity contribution in [2.45, 2.75) is 50.4 Å². The van der Waals surface area contributed by atoms with E-state index >= 15 is 0 Å². The van der Waals surface area contributed by atoms with Gasteiger partial charge in [0.1, 0.15) is 0 Å². The third-order valence-electron chi connectivity index (χ3n) is 1.94. The average molecular weight is 229 g/mol. The van der Waals surface area contributed by atoms with Crippen LogP contribution in [0, 0.1) is 0 Å². The van der Waals surface area contributed by atoms with E-state index in [0.29, 0.717) is 6.42 Å². The molecule has 0 saturated carbocycles. The van der Waals surface area contributed by atoms with E-state index in [-0.39, 0.29) is 12.6 Å². The third-order valence-corrected chi connectivity index (χ3v) is 2.60. The van der Waals surface area contributed by atoms with E-state index in [0.717, 1.165) is 0 Å². The summed E-state index contributed by atoms with van der Waals surface area (Å²) in [5.74, 6) is -0.930. The number of hydrogen-bond donors (Lipinski definition) is 0. The molecular formula is C8H14Cl2O3. The van der Waals surface area contributed by atoms with Crippen LogP contribution in [-0.2, 0) is 14.2 Å². The summed E-state index contributed by atoms with van der Waals surface area (Å²) in [6, 6.07) is 0. The van der Waals surface area contributed by atoms with Gasteiger partial charge in [0.2, 0.25) is 5.79 Å². The van der Waals surface area contributed by atoms with E-state index in [4.69, 9.17) is 37.4 Å². The topological polar surface area (TPSA) is 27.7 Å². The Bertz CT molecular complexity index is 165. The second-order valence-corrected chi connectivity index (χ2v) is 4.07. The Morgan fingerprint density at radius 2 is 1.69 bits per heavy atom. The van der Waals surface area contributed by atoms with Crippen molar-refractivity contribution in [3.05, 3.63) is 0 Å². The molecule has 0 aromatic carbocycles. The lowest BCUT2D eigenvalue weighted by Gasteiger charge is -2.42. The standard InChI is InChI=1S/C8H14Cl2O3/c1-4-8(7(9)10)12-5(2)11-6(3)13-8/h5-7H,4H2,1-3H3. The van der Waals surface area contributed by atoms with Crippen molar-refractivity contribution in [2.75, 3.05) is 0 Å². The number of hydrogen-bond acceptors (Lipinski definition) is 3. The highest BCUT2D eigenvalue weighted by atomic mass is 35.5. The van der Waals surface area contributed by atoms with Crippen LogP contribution in [0.2, 0.25) is 0 Å². The first-order chi connectivity index (χ1) is 6.00. The fraction of sp³-hybridized carbons (Fsp3) is 1.00. The van der Waals surface area contributed by atoms with Gasteiger partial charge in [-0.1, -0.05) is 30.1 Å². The van der Waals surface area contributed by atoms with Crippen molar-refractivity contribution >= 4 is 23.2 Å². The van der Waals surface area contributed by atoms with Gasteiger partial charge in [-0.15, -0.1) is 0 Å². The van der Waals surface area contributed by atoms with Crippen molar-refractivity contribution in [3.63, 3.8) is 0 Å². The molecule has 13 heavy (non-hydrogen) atoms. The van der Waals surface area contributed by atoms with Gasteiger partial charge in [0.05, 0.1) is 0 Å². The summed E-state index contributed by atoms with van der Waals surface area (Å²) in [6.07, 6.45) is -0.102. The fourth-order valence-electron chi connectivity index (χ4n) is 1.34. The SMILES string of the molecule is CCC1(C(Cl)Cl)OC(C)OC(C)O1. The molecule has 0 amide bonds. The van der Waals surface area contributed by atoms with Crippen molar-refractivity contribution in [2.24, 2.45) is 0 Å². The van der Waals surface area contributed by atoms with Crippen LogP contribution in [0.5, 0.6) is 0 Å². The summed E-state index contributed by atoms with van der Waals surface area (Å²) in [4.78, 5) is -0.716. The van der Waals surface area contributed by atoms with Crippen LogP contribution in [0.3, 0.4) is 0 Å². The van der Waals surface area contributed by atoms with Gasteiger partial charge in [0.25, 0.3) is 0 Å². The van der Waals surface area contributed by atoms with E-state index in [2.05, 4.69) is 0 Å². The molecule has 1 saturated heterocycles. The number of rotatable bonds is 2. The molecule has 1 aliphatic heterocycles. The van der Waals surface area contributed by atoms with Gasteiger partial charge >= 0.3 is 0 Å². The summed E-state index contributed by atoms with van der Waals surface area (Å²) in [5, 5.41) is 0. The van der Waals surface area contributed by atoms with Crippen LogP contribution in [-0.4, -0.2) is 23.2 Å². The zero-order chi connectivity index (χ0) is 10.1. The normalized spacial score (nSPS) is 41.1. The van der Waals surface area contributed by atoms with Gasteiger partial charge in [-0.25, -0.2) is 0 Å². The van der Waals surface area contributed by atoms with Crippen LogP contribution in [0.1, 0.15) is 27.2 Å². The van der Waals surface area contributed by atoms with Crippen LogP contribution in [0.4, 0.5) is 0 Å². The molecular weight excluding hydrogens is 215 g/mol. The molecule has 3 nitrogen and oxygen atoms in total. The highest BCUT2D eigenvalue weighted by Gasteiger charge is 2.44. The van der Waals surface area contributed by atoms with Crippen molar-refractivity contribution in [1.29, 1.82) is 0 Å². The Labute approximate surface area is 88.2 Å². The molecule has 0 radical (unpaired) electrons. The van der Waals surface area contributed by atoms with E-state index in [1.807, 2.05) is 6.92 Å². The van der Waals surface area contributed by atoms with Crippen molar-refractivity contribution < 1.29 is 14.2 Å². The lowest BCUT2D eigenvalue weighted by molar-refractivity contribution is -0.418. The van der Waals surface area contributed by atoms with Gasteiger partial charge in [0, 0.05) is 6.42 Å². The number of alkyl halides is 2. The Hall–Kier alpha value is 0.460. The maximum absolute atomic E-state index is 5.80. The molecule has 1 fully saturated rings. The molecule has 1 rings (SSSR count). The first kappa shape index (κ1) is 11.5. The first-order valence-electron chi connectivity index (χ1n) is 4.29. The Morgan fingerprint density at radius 3 is 2.00 bits per heavy atom. The predicted molar refractivity (Wildman–Crippen MR) is 50.7 cm³/mol. The molecule has 0 spiro atoms. The van der Waals surface area contributed by atoms with Crippen molar-refractivity contribution in [3.8, 4) is 0 Å². The van der Waals surface area contributed by atoms with Gasteiger partial charge in [-0.2, -0.15) is 0 Å². The third kappa shape index (κ3) is 2.48. The lowest BCUT2D eigenvalue weighted by Crippen LogP contribution is -2.52. The predicted octanol–water partition coefficient (Wildman–Crippen LogP) is 2.65. The molecule has 1 heterocycles. The largest absolute Gasteiger partial charge is 0.324 e. The van der Waals surface area contributed by atoms with Gasteiger partial charge in [-0.3, -0.25) is 0 Å². The summed E-state index contributed by atoms with van der Waals surface area (Å²) in [5.41, 5.74) is 0. The highest BCUT2D eigenvalue weighted by Crippen LogP contribution is 2.35. The summed E-state index contributed by atoms with van der Waals surface area (Å²) < 4.78 is 16.1. The smallest absolute Gasteiger partial charge is 0.204 e. The number of halogens is 2. The quantitative estimate of drug-likeness (QED) is 0.681. The maximum Gasteiger partial charge on any atom is 0.204 e. The average Bonchev–Trinajstić information content (AvgIpc) is 2.02. The number of ether oxygens (including phenoxy) is 3. The Kier molecular flexibility index (Phi) is 3.83. The molecule has 1 aliphatic rings. The van der Waals surface area contributed by atoms with E-state index in [9.17, 15) is 0 Å². The van der Waals surface area contributed by atoms with Gasteiger partial charge in [0.15, 0.2) is 17.4 Å². The molecule has 2 atom stereocenters. The minimum absolute atomic E-state index is 0.344. The van der Waals surface area contributed by atoms with E-state index < -0.39 is 10.6 Å². The summed E-state index contributed by atoms with van der Waals surface area (Å²) in [7, 11) is 0. The monoisotopic (exact) mass is 228 g/mol. The van der Waals surface area contributed by atoms with E-state index in [1.54, 1.807) is 13.8 Å². The molecule has 0 N–H and O–H groups in total. The second kappa shape index (κ2) is 4.32. The maximum atomic E-state index is 5.80. The fourth-order valence-corrected chi connectivity index (χ4v) is 1.85. The first-order valence-corrected chi connectivity index (χ1v) is 5.16. The lowest BCUT2D eigenvalue weighted by atomic mass is 10.2. The zero-order valence-corrected chi connectivity index (χ0v) is 9.43. The van der Waals surface area contributed by atoms with Gasteiger partial charge in [-0.05, 0) is 13.8 Å². The molecule has 78 valence electrons. The van der Waals surface area contributed by atoms with Crippen LogP contribution >= 0.6 is 23.2 Å². The molecule has 2 unspecified atom stereocenters. The Balaban J connectivity index is 2.74. The Morgan fingerprint density at radius 1 is 1.23 bits per heavy atom. The van der Waals surface area contributed by atoms with Crippen LogP contribution in [0.15, 0.2) is 0 Å². The molecule has 0 aromatic heterocycles. The van der Waals surface area contributed by atoms with Gasteiger partial charge < -0.3 is 14.2 Å². The molecule has 0 aliphatic carbocycles. The van der Waals surface area contributed by atoms with E-state index in [1.165, 1.54) is 0 Å². The highest BCUT2D eigenvalue weighted by molar-refractivity contribution is 6.45. The molecule has 5 heteroatoms. The zero-order valence-electron chi connectivity index (χ0n) is 7.92. The summed E-state index contributed by atoms with van der Waals surface area (Å²) >= 11 is 11.6. The minimum Gasteiger partial charge on any atom is -0.324 e. The molecule has 0 bridgehead atoms. The second-order valence-electron chi connectivity index (χ2n) is 2.97. The van der Waals surface area contributed by atoms with Crippen LogP contribution < -0.4 is 0 Å². The summed E-state index contributed by atoms with van der Waals surface area (Å²) in [6.45, 7) is 5.49. The molecule has 0 aromatic rings. The van der Waals surface area contributed by atoms with Crippen LogP contribution in [0.25, 0.3) is 0 Å².